The molecular weight excluding hydrogens is 372 g/mol. The Morgan fingerprint density at radius 2 is 1.89 bits per heavy atom. The van der Waals surface area contributed by atoms with Crippen molar-refractivity contribution in [3.8, 4) is 10.6 Å². The van der Waals surface area contributed by atoms with Gasteiger partial charge in [0.05, 0.1) is 5.69 Å². The van der Waals surface area contributed by atoms with Crippen molar-refractivity contribution >= 4 is 29.0 Å². The predicted molar refractivity (Wildman–Crippen MR) is 111 cm³/mol. The number of anilines is 2. The van der Waals surface area contributed by atoms with E-state index < -0.39 is 0 Å². The van der Waals surface area contributed by atoms with Gasteiger partial charge in [-0.05, 0) is 50.2 Å². The number of urea groups is 1. The molecule has 0 spiro atoms. The molecule has 1 aliphatic heterocycles. The van der Waals surface area contributed by atoms with E-state index in [9.17, 15) is 4.79 Å². The van der Waals surface area contributed by atoms with Gasteiger partial charge >= 0.3 is 6.03 Å². The number of carbonyl (C=O) groups is 1. The molecule has 0 atom stereocenters. The summed E-state index contributed by atoms with van der Waals surface area (Å²) in [7, 11) is 0. The average molecular weight is 395 g/mol. The molecule has 2 amide bonds. The Morgan fingerprint density at radius 1 is 1.04 bits per heavy atom. The fourth-order valence-electron chi connectivity index (χ4n) is 3.20. The zero-order valence-corrected chi connectivity index (χ0v) is 16.3. The van der Waals surface area contributed by atoms with Gasteiger partial charge in [0, 0.05) is 29.9 Å². The summed E-state index contributed by atoms with van der Waals surface area (Å²) in [5.74, 6) is 1.04. The van der Waals surface area contributed by atoms with Crippen LogP contribution in [-0.4, -0.2) is 39.0 Å². The first-order chi connectivity index (χ1) is 13.8. The van der Waals surface area contributed by atoms with Crippen molar-refractivity contribution in [2.75, 3.05) is 23.7 Å². The van der Waals surface area contributed by atoms with Crippen LogP contribution in [0.2, 0.25) is 0 Å². The predicted octanol–water partition coefficient (Wildman–Crippen LogP) is 4.23. The number of hydrogen-bond acceptors (Lipinski definition) is 6. The second-order valence-electron chi connectivity index (χ2n) is 6.71. The highest BCUT2D eigenvalue weighted by molar-refractivity contribution is 7.13. The molecule has 0 saturated carbocycles. The van der Waals surface area contributed by atoms with Crippen LogP contribution in [0.15, 0.2) is 48.1 Å². The summed E-state index contributed by atoms with van der Waals surface area (Å²) >= 11 is 1.46. The van der Waals surface area contributed by atoms with Crippen molar-refractivity contribution in [1.82, 2.24) is 19.9 Å². The average Bonchev–Trinajstić information content (AvgIpc) is 3.18. The molecule has 1 saturated heterocycles. The van der Waals surface area contributed by atoms with Crippen molar-refractivity contribution in [3.05, 3.63) is 53.8 Å². The molecule has 0 unspecified atom stereocenters. The minimum absolute atomic E-state index is 0.356. The number of nitrogens with zero attached hydrogens (tertiary/aromatic N) is 4. The number of nitrogens with one attached hydrogen (secondary N) is 2. The summed E-state index contributed by atoms with van der Waals surface area (Å²) in [5, 5.41) is 8.17. The van der Waals surface area contributed by atoms with Crippen LogP contribution in [0.3, 0.4) is 0 Å². The molecule has 3 aromatic heterocycles. The van der Waals surface area contributed by atoms with Crippen molar-refractivity contribution < 1.29 is 4.79 Å². The van der Waals surface area contributed by atoms with E-state index in [2.05, 4.69) is 30.5 Å². The molecule has 0 radical (unpaired) electrons. The summed E-state index contributed by atoms with van der Waals surface area (Å²) in [6, 6.07) is 9.16. The van der Waals surface area contributed by atoms with Crippen LogP contribution < -0.4 is 10.6 Å². The molecule has 28 heavy (non-hydrogen) atoms. The monoisotopic (exact) mass is 394 g/mol. The van der Waals surface area contributed by atoms with Gasteiger partial charge in [-0.25, -0.2) is 14.8 Å². The van der Waals surface area contributed by atoms with E-state index in [4.69, 9.17) is 0 Å². The smallest absolute Gasteiger partial charge is 0.298 e. The lowest BCUT2D eigenvalue weighted by Gasteiger charge is -2.26. The maximum absolute atomic E-state index is 12.3. The van der Waals surface area contributed by atoms with Gasteiger partial charge in [0.2, 0.25) is 0 Å². The van der Waals surface area contributed by atoms with E-state index in [1.54, 1.807) is 18.5 Å². The van der Waals surface area contributed by atoms with E-state index in [-0.39, 0.29) is 6.03 Å². The third kappa shape index (κ3) is 4.90. The van der Waals surface area contributed by atoms with Crippen molar-refractivity contribution in [2.45, 2.75) is 25.8 Å². The Kier molecular flexibility index (Phi) is 5.89. The largest absolute Gasteiger partial charge is 0.326 e. The molecule has 2 N–H and O–H groups in total. The minimum Gasteiger partial charge on any atom is -0.298 e. The highest BCUT2D eigenvalue weighted by Gasteiger charge is 2.12. The molecule has 4 heterocycles. The number of amides is 2. The maximum atomic E-state index is 12.3. The van der Waals surface area contributed by atoms with Crippen molar-refractivity contribution in [3.63, 3.8) is 0 Å². The number of hydrogen-bond donors (Lipinski definition) is 2. The molecule has 1 aliphatic rings. The van der Waals surface area contributed by atoms with Crippen LogP contribution in [0.25, 0.3) is 10.6 Å². The summed E-state index contributed by atoms with van der Waals surface area (Å²) in [4.78, 5) is 27.8. The second kappa shape index (κ2) is 8.90. The Bertz CT molecular complexity index is 923. The van der Waals surface area contributed by atoms with Gasteiger partial charge in [0.1, 0.15) is 16.6 Å². The van der Waals surface area contributed by atoms with Gasteiger partial charge in [0.15, 0.2) is 0 Å². The standard InChI is InChI=1S/C20H22N6OS/c27-20(25-18-14-28-19(23-18)15-6-5-9-21-12-15)24-17-8-4-7-16(22-17)13-26-10-2-1-3-11-26/h4-9,12,14H,1-3,10-11,13H2,(H2,22,24,25,27). The highest BCUT2D eigenvalue weighted by Crippen LogP contribution is 2.25. The summed E-state index contributed by atoms with van der Waals surface area (Å²) < 4.78 is 0. The SMILES string of the molecule is O=C(Nc1cccc(CN2CCCCC2)n1)Nc1csc(-c2cccnc2)n1. The molecule has 0 bridgehead atoms. The molecule has 0 aliphatic carbocycles. The zero-order chi connectivity index (χ0) is 19.2. The Balaban J connectivity index is 1.35. The van der Waals surface area contributed by atoms with Crippen LogP contribution >= 0.6 is 11.3 Å². The second-order valence-corrected chi connectivity index (χ2v) is 7.57. The molecule has 1 fully saturated rings. The third-order valence-electron chi connectivity index (χ3n) is 4.54. The number of pyridine rings is 2. The number of aromatic nitrogens is 3. The number of carbonyl (C=O) groups excluding carboxylic acids is 1. The summed E-state index contributed by atoms with van der Waals surface area (Å²) in [5.41, 5.74) is 1.89. The van der Waals surface area contributed by atoms with Gasteiger partial charge in [-0.2, -0.15) is 0 Å². The van der Waals surface area contributed by atoms with Crippen LogP contribution in [0, 0.1) is 0 Å². The van der Waals surface area contributed by atoms with E-state index in [0.29, 0.717) is 11.6 Å². The Labute approximate surface area is 167 Å². The summed E-state index contributed by atoms with van der Waals surface area (Å²) in [6.07, 6.45) is 7.27. The van der Waals surface area contributed by atoms with Gasteiger partial charge in [-0.15, -0.1) is 11.3 Å². The van der Waals surface area contributed by atoms with Crippen LogP contribution in [0.5, 0.6) is 0 Å². The van der Waals surface area contributed by atoms with Crippen LogP contribution in [0.4, 0.5) is 16.4 Å². The van der Waals surface area contributed by atoms with E-state index in [1.807, 2.05) is 29.6 Å². The third-order valence-corrected chi connectivity index (χ3v) is 5.43. The maximum Gasteiger partial charge on any atom is 0.326 e. The number of piperidine rings is 1. The minimum atomic E-state index is -0.356. The van der Waals surface area contributed by atoms with Crippen LogP contribution in [0.1, 0.15) is 25.0 Å². The number of likely N-dealkylation sites (tertiary alicyclic amines) is 1. The Morgan fingerprint density at radius 3 is 2.71 bits per heavy atom. The quantitative estimate of drug-likeness (QED) is 0.677. The Hall–Kier alpha value is -2.84. The number of rotatable bonds is 5. The fraction of sp³-hybridized carbons (Fsp3) is 0.300. The topological polar surface area (TPSA) is 83.0 Å². The normalized spacial score (nSPS) is 14.6. The lowest BCUT2D eigenvalue weighted by Crippen LogP contribution is -2.29. The first-order valence-corrected chi connectivity index (χ1v) is 10.3. The highest BCUT2D eigenvalue weighted by atomic mass is 32.1. The van der Waals surface area contributed by atoms with Crippen molar-refractivity contribution in [1.29, 1.82) is 0 Å². The van der Waals surface area contributed by atoms with Crippen LogP contribution in [-0.2, 0) is 6.54 Å². The van der Waals surface area contributed by atoms with Gasteiger partial charge in [-0.1, -0.05) is 12.5 Å². The first-order valence-electron chi connectivity index (χ1n) is 9.38. The molecule has 8 heteroatoms. The van der Waals surface area contributed by atoms with Gasteiger partial charge in [0.25, 0.3) is 0 Å². The fourth-order valence-corrected chi connectivity index (χ4v) is 3.94. The molecule has 4 rings (SSSR count). The molecular formula is C20H22N6OS. The van der Waals surface area contributed by atoms with Gasteiger partial charge < -0.3 is 0 Å². The molecule has 0 aromatic carbocycles. The van der Waals surface area contributed by atoms with E-state index in [1.165, 1.54) is 30.6 Å². The van der Waals surface area contributed by atoms with Gasteiger partial charge in [-0.3, -0.25) is 20.5 Å². The number of thiazole rings is 1. The molecule has 7 nitrogen and oxygen atoms in total. The summed E-state index contributed by atoms with van der Waals surface area (Å²) in [6.45, 7) is 3.05. The molecule has 3 aromatic rings. The van der Waals surface area contributed by atoms with Crippen molar-refractivity contribution in [2.24, 2.45) is 0 Å². The molecule has 144 valence electrons. The zero-order valence-electron chi connectivity index (χ0n) is 15.5. The lowest BCUT2D eigenvalue weighted by molar-refractivity contribution is 0.218. The lowest BCUT2D eigenvalue weighted by atomic mass is 10.1. The van der Waals surface area contributed by atoms with E-state index >= 15 is 0 Å². The first kappa shape index (κ1) is 18.5. The van der Waals surface area contributed by atoms with E-state index in [0.717, 1.165) is 35.9 Å².